The number of ether oxygens (including phenoxy) is 1. The number of carbonyl (C=O) groups excluding carboxylic acids is 1. The molecule has 3 aromatic rings. The first kappa shape index (κ1) is 15.7. The number of anilines is 1. The van der Waals surface area contributed by atoms with E-state index in [-0.39, 0.29) is 17.6 Å². The third kappa shape index (κ3) is 2.87. The number of phenols is 1. The van der Waals surface area contributed by atoms with Crippen molar-refractivity contribution < 1.29 is 14.6 Å². The van der Waals surface area contributed by atoms with E-state index in [2.05, 4.69) is 10.4 Å². The summed E-state index contributed by atoms with van der Waals surface area (Å²) in [5.41, 5.74) is 1.82. The summed E-state index contributed by atoms with van der Waals surface area (Å²) in [6.07, 6.45) is 2.12. The number of hydrogen-bond acceptors (Lipinski definition) is 5. The summed E-state index contributed by atoms with van der Waals surface area (Å²) in [6.45, 7) is 0.619. The monoisotopic (exact) mass is 355 g/mol. The molecule has 0 fully saturated rings. The van der Waals surface area contributed by atoms with Gasteiger partial charge in [0.1, 0.15) is 5.82 Å². The van der Waals surface area contributed by atoms with Gasteiger partial charge in [-0.2, -0.15) is 5.10 Å². The second-order valence-electron chi connectivity index (χ2n) is 5.92. The first-order chi connectivity index (χ1) is 12.2. The van der Waals surface area contributed by atoms with Crippen LogP contribution in [0.15, 0.2) is 41.9 Å². The summed E-state index contributed by atoms with van der Waals surface area (Å²) in [5.74, 6) is 1.01. The molecular weight excluding hydrogens is 338 g/mol. The van der Waals surface area contributed by atoms with Crippen molar-refractivity contribution in [3.05, 3.63) is 57.9 Å². The van der Waals surface area contributed by atoms with Crippen LogP contribution in [0.5, 0.6) is 11.5 Å². The molecular formula is C18H17N3O3S. The molecule has 0 aliphatic carbocycles. The van der Waals surface area contributed by atoms with Crippen molar-refractivity contribution in [2.45, 2.75) is 18.9 Å². The zero-order valence-corrected chi connectivity index (χ0v) is 14.4. The largest absolute Gasteiger partial charge is 0.504 e. The Hall–Kier alpha value is -2.80. The highest BCUT2D eigenvalue weighted by atomic mass is 32.1. The van der Waals surface area contributed by atoms with Gasteiger partial charge in [0, 0.05) is 22.8 Å². The van der Waals surface area contributed by atoms with Crippen molar-refractivity contribution in [3.8, 4) is 11.5 Å². The lowest BCUT2D eigenvalue weighted by atomic mass is 9.87. The van der Waals surface area contributed by atoms with E-state index >= 15 is 0 Å². The van der Waals surface area contributed by atoms with Crippen LogP contribution in [0, 0.1) is 0 Å². The molecule has 1 unspecified atom stereocenters. The molecule has 0 saturated carbocycles. The lowest BCUT2D eigenvalue weighted by Gasteiger charge is -2.24. The Bertz CT molecular complexity index is 918. The molecule has 7 heteroatoms. The Morgan fingerprint density at radius 2 is 2.32 bits per heavy atom. The van der Waals surface area contributed by atoms with E-state index in [0.29, 0.717) is 18.7 Å². The van der Waals surface area contributed by atoms with Crippen molar-refractivity contribution in [1.82, 2.24) is 9.78 Å². The smallest absolute Gasteiger partial charge is 0.226 e. The molecule has 1 atom stereocenters. The number of methoxy groups -OCH3 is 1. The first-order valence-corrected chi connectivity index (χ1v) is 8.78. The van der Waals surface area contributed by atoms with Crippen LogP contribution in [0.4, 0.5) is 5.82 Å². The molecule has 3 heterocycles. The predicted molar refractivity (Wildman–Crippen MR) is 95.4 cm³/mol. The third-order valence-electron chi connectivity index (χ3n) is 4.38. The van der Waals surface area contributed by atoms with Crippen molar-refractivity contribution in [2.75, 3.05) is 12.4 Å². The molecule has 0 radical (unpaired) electrons. The van der Waals surface area contributed by atoms with E-state index < -0.39 is 0 Å². The Balaban J connectivity index is 1.71. The summed E-state index contributed by atoms with van der Waals surface area (Å²) in [5, 5.41) is 19.5. The Morgan fingerprint density at radius 3 is 3.04 bits per heavy atom. The molecule has 0 saturated heterocycles. The Morgan fingerprint density at radius 1 is 1.44 bits per heavy atom. The van der Waals surface area contributed by atoms with Gasteiger partial charge in [0.2, 0.25) is 5.91 Å². The number of aromatic nitrogens is 2. The molecule has 1 aromatic carbocycles. The third-order valence-corrected chi connectivity index (χ3v) is 5.24. The molecule has 128 valence electrons. The van der Waals surface area contributed by atoms with Gasteiger partial charge in [0.25, 0.3) is 0 Å². The van der Waals surface area contributed by atoms with E-state index in [1.165, 1.54) is 12.0 Å². The van der Waals surface area contributed by atoms with Crippen LogP contribution in [-0.4, -0.2) is 27.9 Å². The molecule has 2 aromatic heterocycles. The molecule has 0 bridgehead atoms. The van der Waals surface area contributed by atoms with Gasteiger partial charge in [-0.1, -0.05) is 12.1 Å². The van der Waals surface area contributed by atoms with Crippen LogP contribution in [0.1, 0.15) is 28.3 Å². The minimum atomic E-state index is -0.141. The molecule has 6 nitrogen and oxygen atoms in total. The van der Waals surface area contributed by atoms with E-state index in [4.69, 9.17) is 4.74 Å². The van der Waals surface area contributed by atoms with Gasteiger partial charge in [-0.15, -0.1) is 11.3 Å². The average Bonchev–Trinajstić information content (AvgIpc) is 3.25. The quantitative estimate of drug-likeness (QED) is 0.754. The molecule has 1 aliphatic rings. The Labute approximate surface area is 148 Å². The number of rotatable bonds is 4. The maximum Gasteiger partial charge on any atom is 0.226 e. The summed E-state index contributed by atoms with van der Waals surface area (Å²) >= 11 is 1.66. The number of fused-ring (bicyclic) bond motifs is 1. The number of benzene rings is 1. The molecule has 1 aliphatic heterocycles. The number of thiophene rings is 1. The van der Waals surface area contributed by atoms with Gasteiger partial charge in [-0.3, -0.25) is 4.79 Å². The second kappa shape index (κ2) is 6.25. The van der Waals surface area contributed by atoms with E-state index in [9.17, 15) is 9.90 Å². The standard InChI is InChI=1S/C18H17N3O3S/c1-24-16-5-4-11(7-15(16)22)13-8-17(23)20-18-14(13)9-19-21(18)10-12-3-2-6-25-12/h2-7,9,13,22H,8,10H2,1H3,(H,20,23). The topological polar surface area (TPSA) is 76.4 Å². The normalized spacial score (nSPS) is 16.4. The van der Waals surface area contributed by atoms with Crippen molar-refractivity contribution in [3.63, 3.8) is 0 Å². The van der Waals surface area contributed by atoms with Gasteiger partial charge in [0.15, 0.2) is 11.5 Å². The van der Waals surface area contributed by atoms with Gasteiger partial charge in [-0.25, -0.2) is 4.68 Å². The van der Waals surface area contributed by atoms with Crippen molar-refractivity contribution >= 4 is 23.1 Å². The molecule has 0 spiro atoms. The van der Waals surface area contributed by atoms with Crippen LogP contribution < -0.4 is 10.1 Å². The summed E-state index contributed by atoms with van der Waals surface area (Å²) in [6, 6.07) is 9.29. The number of phenolic OH excluding ortho intramolecular Hbond substituents is 1. The van der Waals surface area contributed by atoms with Crippen LogP contribution >= 0.6 is 11.3 Å². The van der Waals surface area contributed by atoms with Crippen molar-refractivity contribution in [1.29, 1.82) is 0 Å². The fraction of sp³-hybridized carbons (Fsp3) is 0.222. The molecule has 2 N–H and O–H groups in total. The number of aromatic hydroxyl groups is 1. The van der Waals surface area contributed by atoms with Crippen molar-refractivity contribution in [2.24, 2.45) is 0 Å². The summed E-state index contributed by atoms with van der Waals surface area (Å²) in [4.78, 5) is 13.4. The van der Waals surface area contributed by atoms with Crippen LogP contribution in [0.3, 0.4) is 0 Å². The maximum atomic E-state index is 12.2. The zero-order chi connectivity index (χ0) is 17.4. The second-order valence-corrected chi connectivity index (χ2v) is 6.95. The maximum absolute atomic E-state index is 12.2. The highest BCUT2D eigenvalue weighted by Gasteiger charge is 2.30. The highest BCUT2D eigenvalue weighted by Crippen LogP contribution is 2.39. The van der Waals surface area contributed by atoms with E-state index in [1.807, 2.05) is 28.3 Å². The summed E-state index contributed by atoms with van der Waals surface area (Å²) < 4.78 is 6.91. The fourth-order valence-corrected chi connectivity index (χ4v) is 3.85. The molecule has 25 heavy (non-hydrogen) atoms. The van der Waals surface area contributed by atoms with E-state index in [0.717, 1.165) is 16.9 Å². The first-order valence-electron chi connectivity index (χ1n) is 7.90. The number of nitrogens with zero attached hydrogens (tertiary/aromatic N) is 2. The van der Waals surface area contributed by atoms with Gasteiger partial charge >= 0.3 is 0 Å². The van der Waals surface area contributed by atoms with Gasteiger partial charge in [-0.05, 0) is 29.1 Å². The Kier molecular flexibility index (Phi) is 3.93. The summed E-state index contributed by atoms with van der Waals surface area (Å²) in [7, 11) is 1.51. The van der Waals surface area contributed by atoms with Gasteiger partial charge in [0.05, 0.1) is 19.9 Å². The SMILES string of the molecule is COc1ccc(C2CC(=O)Nc3c2cnn3Cc2cccs2)cc1O. The van der Waals surface area contributed by atoms with Crippen LogP contribution in [0.2, 0.25) is 0 Å². The zero-order valence-electron chi connectivity index (χ0n) is 13.6. The highest BCUT2D eigenvalue weighted by molar-refractivity contribution is 7.09. The minimum absolute atomic E-state index is 0.0549. The fourth-order valence-electron chi connectivity index (χ4n) is 3.16. The molecule has 1 amide bonds. The number of nitrogens with one attached hydrogen (secondary N) is 1. The van der Waals surface area contributed by atoms with Crippen LogP contribution in [-0.2, 0) is 11.3 Å². The lowest BCUT2D eigenvalue weighted by molar-refractivity contribution is -0.116. The average molecular weight is 355 g/mol. The number of carbonyl (C=O) groups is 1. The van der Waals surface area contributed by atoms with Gasteiger partial charge < -0.3 is 15.2 Å². The molecule has 4 rings (SSSR count). The number of amides is 1. The van der Waals surface area contributed by atoms with Crippen LogP contribution in [0.25, 0.3) is 0 Å². The number of hydrogen-bond donors (Lipinski definition) is 2. The minimum Gasteiger partial charge on any atom is -0.504 e. The predicted octanol–water partition coefficient (Wildman–Crippen LogP) is 3.18. The lowest BCUT2D eigenvalue weighted by Crippen LogP contribution is -2.25. The van der Waals surface area contributed by atoms with E-state index in [1.54, 1.807) is 29.7 Å².